The predicted octanol–water partition coefficient (Wildman–Crippen LogP) is 5.12. The summed E-state index contributed by atoms with van der Waals surface area (Å²) in [6.07, 6.45) is -4.99. The number of nitrogens with zero attached hydrogens (tertiary/aromatic N) is 4. The number of benzene rings is 2. The van der Waals surface area contributed by atoms with Gasteiger partial charge in [0.05, 0.1) is 46.1 Å². The Bertz CT molecular complexity index is 1430. The van der Waals surface area contributed by atoms with Crippen molar-refractivity contribution in [3.63, 3.8) is 0 Å². The molecule has 0 saturated carbocycles. The standard InChI is InChI=1S/C23H14F5N5/c1-11-16-7-12(3-4-19(16)33(2)32-11)20-17(9-29)21(13-5-14(24)8-15(25)6-13)31-22(18(20)10-30)23(26,27)28/h3-8,20,31H,1-2H3. The number of nitriles is 2. The van der Waals surface area contributed by atoms with Gasteiger partial charge in [0, 0.05) is 24.1 Å². The average Bonchev–Trinajstić information content (AvgIpc) is 3.03. The molecule has 1 aromatic heterocycles. The Morgan fingerprint density at radius 1 is 1.00 bits per heavy atom. The lowest BCUT2D eigenvalue weighted by Gasteiger charge is -2.30. The Morgan fingerprint density at radius 2 is 1.64 bits per heavy atom. The van der Waals surface area contributed by atoms with Gasteiger partial charge >= 0.3 is 6.18 Å². The van der Waals surface area contributed by atoms with E-state index in [1.54, 1.807) is 36.9 Å². The zero-order chi connectivity index (χ0) is 24.1. The average molecular weight is 455 g/mol. The largest absolute Gasteiger partial charge is 0.432 e. The predicted molar refractivity (Wildman–Crippen MR) is 109 cm³/mol. The Labute approximate surface area is 184 Å². The summed E-state index contributed by atoms with van der Waals surface area (Å²) in [5, 5.41) is 26.5. The summed E-state index contributed by atoms with van der Waals surface area (Å²) < 4.78 is 71.1. The van der Waals surface area contributed by atoms with Crippen molar-refractivity contribution in [2.75, 3.05) is 0 Å². The normalized spacial score (nSPS) is 16.6. The number of fused-ring (bicyclic) bond motifs is 1. The topological polar surface area (TPSA) is 77.4 Å². The van der Waals surface area contributed by atoms with Gasteiger partial charge in [-0.25, -0.2) is 8.78 Å². The van der Waals surface area contributed by atoms with Gasteiger partial charge in [-0.2, -0.15) is 28.8 Å². The highest BCUT2D eigenvalue weighted by Gasteiger charge is 2.44. The molecule has 0 radical (unpaired) electrons. The van der Waals surface area contributed by atoms with Crippen LogP contribution < -0.4 is 5.32 Å². The van der Waals surface area contributed by atoms with Gasteiger partial charge in [-0.05, 0) is 36.8 Å². The fraction of sp³-hybridized carbons (Fsp3) is 0.174. The summed E-state index contributed by atoms with van der Waals surface area (Å²) in [6, 6.07) is 10.3. The number of dihydropyridines is 1. The summed E-state index contributed by atoms with van der Waals surface area (Å²) >= 11 is 0. The van der Waals surface area contributed by atoms with Crippen LogP contribution >= 0.6 is 0 Å². The van der Waals surface area contributed by atoms with Crippen molar-refractivity contribution >= 4 is 16.6 Å². The zero-order valence-electron chi connectivity index (χ0n) is 17.2. The molecule has 4 rings (SSSR count). The van der Waals surface area contributed by atoms with Gasteiger partial charge in [-0.1, -0.05) is 6.07 Å². The molecule has 0 aliphatic carbocycles. The van der Waals surface area contributed by atoms with E-state index in [1.165, 1.54) is 6.07 Å². The van der Waals surface area contributed by atoms with Gasteiger partial charge in [0.25, 0.3) is 0 Å². The van der Waals surface area contributed by atoms with Crippen LogP contribution in [0.3, 0.4) is 0 Å². The maximum absolute atomic E-state index is 13.9. The fourth-order valence-electron chi connectivity index (χ4n) is 4.05. The minimum Gasteiger partial charge on any atom is -0.349 e. The summed E-state index contributed by atoms with van der Waals surface area (Å²) in [7, 11) is 1.71. The van der Waals surface area contributed by atoms with Gasteiger partial charge in [0.15, 0.2) is 0 Å². The van der Waals surface area contributed by atoms with Gasteiger partial charge in [-0.15, -0.1) is 0 Å². The van der Waals surface area contributed by atoms with Gasteiger partial charge in [0.2, 0.25) is 0 Å². The summed E-state index contributed by atoms with van der Waals surface area (Å²) in [5.41, 5.74) is -1.54. The molecule has 1 atom stereocenters. The van der Waals surface area contributed by atoms with Gasteiger partial charge < -0.3 is 5.32 Å². The molecule has 1 aliphatic heterocycles. The smallest absolute Gasteiger partial charge is 0.349 e. The first-order chi connectivity index (χ1) is 15.5. The minimum atomic E-state index is -4.99. The quantitative estimate of drug-likeness (QED) is 0.544. The highest BCUT2D eigenvalue weighted by atomic mass is 19.4. The van der Waals surface area contributed by atoms with Gasteiger partial charge in [-0.3, -0.25) is 4.68 Å². The van der Waals surface area contributed by atoms with Crippen LogP contribution in [0.4, 0.5) is 22.0 Å². The Balaban J connectivity index is 2.05. The van der Waals surface area contributed by atoms with Crippen LogP contribution in [-0.2, 0) is 7.05 Å². The highest BCUT2D eigenvalue weighted by Crippen LogP contribution is 2.44. The van der Waals surface area contributed by atoms with Crippen molar-refractivity contribution in [1.29, 1.82) is 10.5 Å². The number of nitrogens with one attached hydrogen (secondary N) is 1. The van der Waals surface area contributed by atoms with Crippen molar-refractivity contribution in [3.8, 4) is 12.1 Å². The lowest BCUT2D eigenvalue weighted by atomic mass is 9.79. The molecule has 0 fully saturated rings. The number of alkyl halides is 3. The number of aryl methyl sites for hydroxylation is 2. The Hall–Kier alpha value is -4.18. The molecule has 0 saturated heterocycles. The zero-order valence-corrected chi connectivity index (χ0v) is 17.2. The minimum absolute atomic E-state index is 0.240. The molecule has 0 bridgehead atoms. The Morgan fingerprint density at radius 3 is 2.21 bits per heavy atom. The van der Waals surface area contributed by atoms with Crippen LogP contribution in [0.2, 0.25) is 0 Å². The summed E-state index contributed by atoms with van der Waals surface area (Å²) in [4.78, 5) is 0. The monoisotopic (exact) mass is 455 g/mol. The third kappa shape index (κ3) is 3.70. The summed E-state index contributed by atoms with van der Waals surface area (Å²) in [6.45, 7) is 1.72. The highest BCUT2D eigenvalue weighted by molar-refractivity contribution is 5.84. The SMILES string of the molecule is Cc1nn(C)c2ccc(C3C(C#N)=C(c4cc(F)cc(F)c4)NC(C(F)(F)F)=C3C#N)cc12. The molecule has 166 valence electrons. The van der Waals surface area contributed by atoms with Crippen molar-refractivity contribution in [2.45, 2.75) is 19.0 Å². The molecule has 0 spiro atoms. The Kier molecular flexibility index (Phi) is 5.17. The molecular formula is C23H14F5N5. The molecule has 1 unspecified atom stereocenters. The molecule has 3 aromatic rings. The second kappa shape index (κ2) is 7.75. The second-order valence-corrected chi connectivity index (χ2v) is 7.50. The van der Waals surface area contributed by atoms with E-state index in [2.05, 4.69) is 10.4 Å². The molecule has 0 amide bonds. The molecule has 5 nitrogen and oxygen atoms in total. The first kappa shape index (κ1) is 22.0. The molecule has 10 heteroatoms. The van der Waals surface area contributed by atoms with Crippen LogP contribution in [0.25, 0.3) is 16.6 Å². The maximum atomic E-state index is 13.9. The van der Waals surface area contributed by atoms with Crippen molar-refractivity contribution in [3.05, 3.63) is 81.7 Å². The molecule has 33 heavy (non-hydrogen) atoms. The van der Waals surface area contributed by atoms with E-state index in [4.69, 9.17) is 0 Å². The molecular weight excluding hydrogens is 441 g/mol. The third-order valence-electron chi connectivity index (χ3n) is 5.43. The van der Waals surface area contributed by atoms with Gasteiger partial charge in [0.1, 0.15) is 17.3 Å². The first-order valence-corrected chi connectivity index (χ1v) is 9.57. The van der Waals surface area contributed by atoms with Crippen LogP contribution in [-0.4, -0.2) is 16.0 Å². The van der Waals surface area contributed by atoms with Crippen molar-refractivity contribution in [1.82, 2.24) is 15.1 Å². The van der Waals surface area contributed by atoms with Crippen LogP contribution in [0.1, 0.15) is 22.7 Å². The number of allylic oxidation sites excluding steroid dienone is 3. The van der Waals surface area contributed by atoms with E-state index in [-0.39, 0.29) is 16.7 Å². The lowest BCUT2D eigenvalue weighted by molar-refractivity contribution is -0.0962. The summed E-state index contributed by atoms with van der Waals surface area (Å²) in [5.74, 6) is -3.46. The molecule has 2 aromatic carbocycles. The molecule has 2 heterocycles. The lowest BCUT2D eigenvalue weighted by Crippen LogP contribution is -2.33. The van der Waals surface area contributed by atoms with E-state index in [0.29, 0.717) is 22.7 Å². The second-order valence-electron chi connectivity index (χ2n) is 7.50. The van der Waals surface area contributed by atoms with Crippen LogP contribution in [0.15, 0.2) is 53.2 Å². The number of halogens is 5. The van der Waals surface area contributed by atoms with Crippen molar-refractivity contribution in [2.24, 2.45) is 7.05 Å². The molecule has 1 N–H and O–H groups in total. The first-order valence-electron chi connectivity index (χ1n) is 9.57. The fourth-order valence-corrected chi connectivity index (χ4v) is 4.05. The van der Waals surface area contributed by atoms with E-state index >= 15 is 0 Å². The van der Waals surface area contributed by atoms with E-state index in [9.17, 15) is 32.5 Å². The molecule has 1 aliphatic rings. The number of hydrogen-bond donors (Lipinski definition) is 1. The van der Waals surface area contributed by atoms with E-state index in [1.807, 2.05) is 6.07 Å². The number of hydrogen-bond acceptors (Lipinski definition) is 4. The number of rotatable bonds is 2. The van der Waals surface area contributed by atoms with E-state index in [0.717, 1.165) is 12.1 Å². The van der Waals surface area contributed by atoms with Crippen LogP contribution in [0.5, 0.6) is 0 Å². The van der Waals surface area contributed by atoms with Crippen LogP contribution in [0, 0.1) is 41.2 Å². The maximum Gasteiger partial charge on any atom is 0.432 e. The van der Waals surface area contributed by atoms with E-state index < -0.39 is 40.7 Å². The third-order valence-corrected chi connectivity index (χ3v) is 5.43. The number of aromatic nitrogens is 2. The van der Waals surface area contributed by atoms with Crippen molar-refractivity contribution < 1.29 is 22.0 Å².